The quantitative estimate of drug-likeness (QED) is 0.733. The number of hydrogen-bond acceptors (Lipinski definition) is 4. The summed E-state index contributed by atoms with van der Waals surface area (Å²) >= 11 is 0. The maximum Gasteiger partial charge on any atom is 0.247 e. The molecule has 19 heavy (non-hydrogen) atoms. The van der Waals surface area contributed by atoms with E-state index in [9.17, 15) is 4.79 Å². The van der Waals surface area contributed by atoms with Crippen LogP contribution in [0.2, 0.25) is 0 Å². The summed E-state index contributed by atoms with van der Waals surface area (Å²) in [6, 6.07) is 12.7. The molecule has 1 aromatic carbocycles. The van der Waals surface area contributed by atoms with Crippen molar-refractivity contribution in [2.45, 2.75) is 0 Å². The topological polar surface area (TPSA) is 84.9 Å². The van der Waals surface area contributed by atoms with Gasteiger partial charge in [0.05, 0.1) is 5.56 Å². The number of hydrogen-bond donors (Lipinski definition) is 2. The summed E-state index contributed by atoms with van der Waals surface area (Å²) < 4.78 is 5.07. The van der Waals surface area contributed by atoms with E-state index in [0.717, 1.165) is 16.7 Å². The van der Waals surface area contributed by atoms with E-state index < -0.39 is 0 Å². The number of nitrogens with one attached hydrogen (secondary N) is 1. The van der Waals surface area contributed by atoms with Crippen molar-refractivity contribution in [2.75, 3.05) is 5.73 Å². The van der Waals surface area contributed by atoms with Crippen LogP contribution < -0.4 is 11.3 Å². The zero-order chi connectivity index (χ0) is 13.2. The number of rotatable bonds is 2. The number of nitrogens with two attached hydrogens (primary N) is 1. The highest BCUT2D eigenvalue weighted by atomic mass is 16.5. The fraction of sp³-hybridized carbons (Fsp3) is 0. The standard InChI is InChI=1S/C14H11N3O2/c15-14-12(9-4-2-1-3-5-9)13(17-19-14)10-6-7-11(18)16-8-10/h1-8H,15H2,(H,16,18). The highest BCUT2D eigenvalue weighted by Gasteiger charge is 2.17. The van der Waals surface area contributed by atoms with Crippen LogP contribution in [0.1, 0.15) is 0 Å². The number of anilines is 1. The van der Waals surface area contributed by atoms with Crippen LogP contribution in [-0.4, -0.2) is 10.1 Å². The molecule has 0 amide bonds. The van der Waals surface area contributed by atoms with Gasteiger partial charge in [-0.3, -0.25) is 4.79 Å². The van der Waals surface area contributed by atoms with Crippen LogP contribution in [0.3, 0.4) is 0 Å². The van der Waals surface area contributed by atoms with Gasteiger partial charge in [0, 0.05) is 17.8 Å². The van der Waals surface area contributed by atoms with E-state index in [1.165, 1.54) is 6.07 Å². The monoisotopic (exact) mass is 253 g/mol. The number of benzene rings is 1. The number of nitrogen functional groups attached to an aromatic ring is 1. The van der Waals surface area contributed by atoms with Gasteiger partial charge in [0.25, 0.3) is 0 Å². The Balaban J connectivity index is 2.19. The third-order valence-electron chi connectivity index (χ3n) is 2.84. The normalized spacial score (nSPS) is 10.5. The number of aromatic amines is 1. The molecule has 0 aliphatic rings. The fourth-order valence-corrected chi connectivity index (χ4v) is 1.94. The van der Waals surface area contributed by atoms with E-state index in [0.29, 0.717) is 5.69 Å². The predicted octanol–water partition coefficient (Wildman–Crippen LogP) is 2.28. The Morgan fingerprint density at radius 1 is 1.05 bits per heavy atom. The molecule has 3 rings (SSSR count). The molecule has 94 valence electrons. The molecule has 0 atom stereocenters. The first-order valence-electron chi connectivity index (χ1n) is 5.75. The fourth-order valence-electron chi connectivity index (χ4n) is 1.94. The van der Waals surface area contributed by atoms with E-state index in [4.69, 9.17) is 10.3 Å². The Kier molecular flexibility index (Phi) is 2.64. The smallest absolute Gasteiger partial charge is 0.247 e. The van der Waals surface area contributed by atoms with Crippen LogP contribution in [0.5, 0.6) is 0 Å². The van der Waals surface area contributed by atoms with E-state index >= 15 is 0 Å². The first-order chi connectivity index (χ1) is 9.25. The molecule has 0 spiro atoms. The van der Waals surface area contributed by atoms with Crippen LogP contribution in [0, 0.1) is 0 Å². The Morgan fingerprint density at radius 3 is 2.53 bits per heavy atom. The van der Waals surface area contributed by atoms with Crippen LogP contribution in [0.4, 0.5) is 5.88 Å². The molecule has 2 aromatic heterocycles. The van der Waals surface area contributed by atoms with Crippen LogP contribution in [-0.2, 0) is 0 Å². The number of H-pyrrole nitrogens is 1. The zero-order valence-corrected chi connectivity index (χ0v) is 9.96. The molecule has 0 saturated heterocycles. The van der Waals surface area contributed by atoms with Crippen LogP contribution >= 0.6 is 0 Å². The molecule has 2 heterocycles. The zero-order valence-electron chi connectivity index (χ0n) is 9.96. The van der Waals surface area contributed by atoms with Gasteiger partial charge in [-0.1, -0.05) is 35.5 Å². The molecule has 0 fully saturated rings. The summed E-state index contributed by atoms with van der Waals surface area (Å²) in [5, 5.41) is 3.97. The second kappa shape index (κ2) is 4.45. The van der Waals surface area contributed by atoms with Crippen molar-refractivity contribution in [1.29, 1.82) is 0 Å². The molecule has 0 unspecified atom stereocenters. The van der Waals surface area contributed by atoms with Gasteiger partial charge in [-0.05, 0) is 11.6 Å². The minimum absolute atomic E-state index is 0.165. The highest BCUT2D eigenvalue weighted by Crippen LogP contribution is 2.35. The summed E-state index contributed by atoms with van der Waals surface area (Å²) in [6.45, 7) is 0. The number of aromatic nitrogens is 2. The van der Waals surface area contributed by atoms with Crippen molar-refractivity contribution in [3.05, 3.63) is 59.0 Å². The van der Waals surface area contributed by atoms with Gasteiger partial charge in [0.1, 0.15) is 5.69 Å². The SMILES string of the molecule is Nc1onc(-c2ccc(=O)[nH]c2)c1-c1ccccc1. The van der Waals surface area contributed by atoms with Gasteiger partial charge in [0.15, 0.2) is 0 Å². The molecule has 5 nitrogen and oxygen atoms in total. The Morgan fingerprint density at radius 2 is 1.84 bits per heavy atom. The molecule has 3 aromatic rings. The number of nitrogens with zero attached hydrogens (tertiary/aromatic N) is 1. The predicted molar refractivity (Wildman–Crippen MR) is 72.4 cm³/mol. The minimum Gasteiger partial charge on any atom is -0.367 e. The maximum absolute atomic E-state index is 11.1. The molecular formula is C14H11N3O2. The molecule has 0 aliphatic heterocycles. The largest absolute Gasteiger partial charge is 0.367 e. The van der Waals surface area contributed by atoms with Gasteiger partial charge >= 0.3 is 0 Å². The van der Waals surface area contributed by atoms with Crippen molar-refractivity contribution in [1.82, 2.24) is 10.1 Å². The molecule has 3 N–H and O–H groups in total. The lowest BCUT2D eigenvalue weighted by Gasteiger charge is -2.02. The van der Waals surface area contributed by atoms with E-state index in [2.05, 4.69) is 10.1 Å². The van der Waals surface area contributed by atoms with E-state index in [1.54, 1.807) is 12.3 Å². The Labute approximate surface area is 108 Å². The van der Waals surface area contributed by atoms with Crippen molar-refractivity contribution in [3.8, 4) is 22.4 Å². The van der Waals surface area contributed by atoms with Crippen molar-refractivity contribution in [2.24, 2.45) is 0 Å². The summed E-state index contributed by atoms with van der Waals surface area (Å²) in [5.74, 6) is 0.257. The molecule has 0 saturated carbocycles. The lowest BCUT2D eigenvalue weighted by molar-refractivity contribution is 0.439. The molecule has 0 radical (unpaired) electrons. The molecule has 5 heteroatoms. The third-order valence-corrected chi connectivity index (χ3v) is 2.84. The van der Waals surface area contributed by atoms with Crippen molar-refractivity contribution < 1.29 is 4.52 Å². The van der Waals surface area contributed by atoms with Gasteiger partial charge < -0.3 is 15.2 Å². The van der Waals surface area contributed by atoms with Crippen molar-refractivity contribution >= 4 is 5.88 Å². The van der Waals surface area contributed by atoms with Gasteiger partial charge in [-0.15, -0.1) is 0 Å². The highest BCUT2D eigenvalue weighted by molar-refractivity contribution is 5.86. The second-order valence-electron chi connectivity index (χ2n) is 4.08. The lowest BCUT2D eigenvalue weighted by atomic mass is 10.0. The van der Waals surface area contributed by atoms with E-state index in [-0.39, 0.29) is 11.4 Å². The average Bonchev–Trinajstić information content (AvgIpc) is 2.82. The lowest BCUT2D eigenvalue weighted by Crippen LogP contribution is -2.01. The van der Waals surface area contributed by atoms with Gasteiger partial charge in [0.2, 0.25) is 11.4 Å². The third kappa shape index (κ3) is 2.01. The second-order valence-corrected chi connectivity index (χ2v) is 4.08. The summed E-state index contributed by atoms with van der Waals surface area (Å²) in [4.78, 5) is 13.7. The first kappa shape index (κ1) is 11.3. The summed E-state index contributed by atoms with van der Waals surface area (Å²) in [6.07, 6.45) is 1.59. The van der Waals surface area contributed by atoms with Crippen LogP contribution in [0.25, 0.3) is 22.4 Å². The first-order valence-corrected chi connectivity index (χ1v) is 5.75. The molecule has 0 aliphatic carbocycles. The Bertz CT molecular complexity index is 739. The van der Waals surface area contributed by atoms with Crippen molar-refractivity contribution in [3.63, 3.8) is 0 Å². The summed E-state index contributed by atoms with van der Waals surface area (Å²) in [7, 11) is 0. The Hall–Kier alpha value is -2.82. The minimum atomic E-state index is -0.165. The molecule has 0 bridgehead atoms. The van der Waals surface area contributed by atoms with Gasteiger partial charge in [-0.25, -0.2) is 0 Å². The van der Waals surface area contributed by atoms with Gasteiger partial charge in [-0.2, -0.15) is 0 Å². The van der Waals surface area contributed by atoms with E-state index in [1.807, 2.05) is 30.3 Å². The maximum atomic E-state index is 11.1. The summed E-state index contributed by atoms with van der Waals surface area (Å²) in [5.41, 5.74) is 8.68. The number of pyridine rings is 1. The average molecular weight is 253 g/mol. The molecular weight excluding hydrogens is 242 g/mol. The van der Waals surface area contributed by atoms with Crippen LogP contribution in [0.15, 0.2) is 58.0 Å².